The number of rotatable bonds is 4. The number of ether oxygens (including phenoxy) is 2. The van der Waals surface area contributed by atoms with E-state index in [0.29, 0.717) is 12.2 Å². The predicted octanol–water partition coefficient (Wildman–Crippen LogP) is 1.57. The zero-order chi connectivity index (χ0) is 15.3. The third-order valence-corrected chi connectivity index (χ3v) is 5.44. The molecule has 0 aromatic rings. The zero-order valence-corrected chi connectivity index (χ0v) is 12.3. The van der Waals surface area contributed by atoms with Gasteiger partial charge in [0.25, 0.3) is 0 Å². The minimum atomic E-state index is -0.645. The Morgan fingerprint density at radius 1 is 1.29 bits per heavy atom. The molecule has 1 fully saturated rings. The van der Waals surface area contributed by atoms with Gasteiger partial charge >= 0.3 is 11.9 Å². The second-order valence-corrected chi connectivity index (χ2v) is 6.27. The summed E-state index contributed by atoms with van der Waals surface area (Å²) in [5.74, 6) is 0.184. The zero-order valence-electron chi connectivity index (χ0n) is 12.3. The highest BCUT2D eigenvalue weighted by molar-refractivity contribution is 5.68. The van der Waals surface area contributed by atoms with Crippen LogP contribution in [0.2, 0.25) is 0 Å². The molecule has 2 bridgehead atoms. The maximum atomic E-state index is 11.4. The molecule has 3 rings (SSSR count). The number of hydrogen-bond donors (Lipinski definition) is 1. The molecule has 5 nitrogen and oxygen atoms in total. The molecule has 0 aromatic heterocycles. The molecule has 0 heterocycles. The van der Waals surface area contributed by atoms with Crippen molar-refractivity contribution in [2.24, 2.45) is 22.7 Å². The van der Waals surface area contributed by atoms with Crippen molar-refractivity contribution >= 4 is 11.9 Å². The molecule has 3 aliphatic carbocycles. The van der Waals surface area contributed by atoms with E-state index < -0.39 is 10.8 Å². The Bertz CT molecular complexity index is 549. The number of carbonyl (C=O) groups is 2. The van der Waals surface area contributed by atoms with Crippen LogP contribution in [-0.2, 0) is 19.1 Å². The molecule has 0 radical (unpaired) electrons. The fourth-order valence-corrected chi connectivity index (χ4v) is 4.56. The SMILES string of the molecule is CC(=O)OC[C@]12CC=C(OC(C)=O)[C@@]1(CO)[C@H]1C=C[C@@H]2C1. The molecule has 0 aliphatic heterocycles. The Hall–Kier alpha value is -1.62. The summed E-state index contributed by atoms with van der Waals surface area (Å²) in [6.45, 7) is 2.88. The van der Waals surface area contributed by atoms with Crippen LogP contribution in [0.15, 0.2) is 24.0 Å². The third kappa shape index (κ3) is 1.73. The lowest BCUT2D eigenvalue weighted by atomic mass is 9.59. The highest BCUT2D eigenvalue weighted by atomic mass is 16.5. The summed E-state index contributed by atoms with van der Waals surface area (Å²) in [7, 11) is 0. The van der Waals surface area contributed by atoms with Crippen molar-refractivity contribution < 1.29 is 24.2 Å². The smallest absolute Gasteiger partial charge is 0.307 e. The molecule has 1 N–H and O–H groups in total. The predicted molar refractivity (Wildman–Crippen MR) is 73.8 cm³/mol. The molecule has 3 aliphatic rings. The minimum absolute atomic E-state index is 0.112. The fourth-order valence-electron chi connectivity index (χ4n) is 4.56. The Kier molecular flexibility index (Phi) is 3.20. The molecule has 5 heteroatoms. The highest BCUT2D eigenvalue weighted by Crippen LogP contribution is 2.71. The number of aliphatic hydroxyl groups is 1. The van der Waals surface area contributed by atoms with Crippen LogP contribution in [0.25, 0.3) is 0 Å². The van der Waals surface area contributed by atoms with Gasteiger partial charge in [-0.25, -0.2) is 0 Å². The lowest BCUT2D eigenvalue weighted by Gasteiger charge is -2.46. The number of fused-ring (bicyclic) bond motifs is 5. The van der Waals surface area contributed by atoms with Gasteiger partial charge in [0.2, 0.25) is 0 Å². The molecule has 0 spiro atoms. The fraction of sp³-hybridized carbons (Fsp3) is 0.625. The molecular weight excluding hydrogens is 272 g/mol. The molecule has 0 aromatic carbocycles. The van der Waals surface area contributed by atoms with Crippen LogP contribution >= 0.6 is 0 Å². The van der Waals surface area contributed by atoms with Crippen LogP contribution in [0.5, 0.6) is 0 Å². The van der Waals surface area contributed by atoms with Crippen molar-refractivity contribution in [3.63, 3.8) is 0 Å². The van der Waals surface area contributed by atoms with Crippen molar-refractivity contribution in [2.45, 2.75) is 26.7 Å². The Morgan fingerprint density at radius 3 is 2.62 bits per heavy atom. The molecular formula is C16H20O5. The van der Waals surface area contributed by atoms with Crippen LogP contribution in [0.3, 0.4) is 0 Å². The van der Waals surface area contributed by atoms with E-state index in [0.717, 1.165) is 6.42 Å². The van der Waals surface area contributed by atoms with E-state index >= 15 is 0 Å². The van der Waals surface area contributed by atoms with Crippen molar-refractivity contribution in [3.05, 3.63) is 24.0 Å². The first-order valence-corrected chi connectivity index (χ1v) is 7.28. The van der Waals surface area contributed by atoms with Gasteiger partial charge in [0.05, 0.1) is 18.6 Å². The second-order valence-electron chi connectivity index (χ2n) is 6.27. The van der Waals surface area contributed by atoms with Gasteiger partial charge in [-0.2, -0.15) is 0 Å². The van der Waals surface area contributed by atoms with Crippen molar-refractivity contribution in [3.8, 4) is 0 Å². The molecule has 4 atom stereocenters. The third-order valence-electron chi connectivity index (χ3n) is 5.44. The number of hydrogen-bond acceptors (Lipinski definition) is 5. The van der Waals surface area contributed by atoms with Gasteiger partial charge in [-0.1, -0.05) is 12.2 Å². The maximum absolute atomic E-state index is 11.4. The van der Waals surface area contributed by atoms with Gasteiger partial charge in [-0.3, -0.25) is 9.59 Å². The average molecular weight is 292 g/mol. The molecule has 0 unspecified atom stereocenters. The topological polar surface area (TPSA) is 72.8 Å². The van der Waals surface area contributed by atoms with Gasteiger partial charge in [-0.15, -0.1) is 0 Å². The van der Waals surface area contributed by atoms with Gasteiger partial charge in [0.15, 0.2) is 0 Å². The number of aliphatic hydroxyl groups excluding tert-OH is 1. The molecule has 0 saturated heterocycles. The summed E-state index contributed by atoms with van der Waals surface area (Å²) in [6.07, 6.45) is 7.67. The summed E-state index contributed by atoms with van der Waals surface area (Å²) in [4.78, 5) is 22.6. The number of esters is 2. The Balaban J connectivity index is 2.00. The number of carbonyl (C=O) groups excluding carboxylic acids is 2. The van der Waals surface area contributed by atoms with Crippen molar-refractivity contribution in [2.75, 3.05) is 13.2 Å². The Labute approximate surface area is 123 Å². The van der Waals surface area contributed by atoms with Gasteiger partial charge in [0, 0.05) is 19.3 Å². The highest BCUT2D eigenvalue weighted by Gasteiger charge is 2.70. The van der Waals surface area contributed by atoms with E-state index in [1.807, 2.05) is 6.08 Å². The van der Waals surface area contributed by atoms with Crippen LogP contribution in [0.1, 0.15) is 26.7 Å². The molecule has 0 amide bonds. The van der Waals surface area contributed by atoms with Crippen LogP contribution in [0.4, 0.5) is 0 Å². The van der Waals surface area contributed by atoms with Crippen LogP contribution in [-0.4, -0.2) is 30.3 Å². The van der Waals surface area contributed by atoms with E-state index in [2.05, 4.69) is 12.2 Å². The molecule has 21 heavy (non-hydrogen) atoms. The van der Waals surface area contributed by atoms with Gasteiger partial charge in [0.1, 0.15) is 5.76 Å². The lowest BCUT2D eigenvalue weighted by molar-refractivity contribution is -0.153. The summed E-state index contributed by atoms with van der Waals surface area (Å²) in [5.41, 5.74) is -1.04. The van der Waals surface area contributed by atoms with Crippen LogP contribution < -0.4 is 0 Å². The minimum Gasteiger partial charge on any atom is -0.465 e. The van der Waals surface area contributed by atoms with Crippen LogP contribution in [0, 0.1) is 22.7 Å². The number of allylic oxidation sites excluding steroid dienone is 3. The van der Waals surface area contributed by atoms with Gasteiger partial charge in [-0.05, 0) is 30.8 Å². The van der Waals surface area contributed by atoms with Crippen molar-refractivity contribution in [1.82, 2.24) is 0 Å². The summed E-state index contributed by atoms with van der Waals surface area (Å²) in [6, 6.07) is 0. The first-order valence-electron chi connectivity index (χ1n) is 7.28. The summed E-state index contributed by atoms with van der Waals surface area (Å²) >= 11 is 0. The quantitative estimate of drug-likeness (QED) is 0.629. The summed E-state index contributed by atoms with van der Waals surface area (Å²) < 4.78 is 10.7. The van der Waals surface area contributed by atoms with Crippen molar-refractivity contribution in [1.29, 1.82) is 0 Å². The Morgan fingerprint density at radius 2 is 2.00 bits per heavy atom. The lowest BCUT2D eigenvalue weighted by Crippen LogP contribution is -2.49. The van der Waals surface area contributed by atoms with E-state index in [1.165, 1.54) is 13.8 Å². The standard InChI is InChI=1S/C16H20O5/c1-10(18)20-9-15-6-5-14(21-11(2)19)16(15,8-17)13-4-3-12(15)7-13/h3-5,12-13,17H,6-9H2,1-2H3/t12-,13+,15+,16-/m1/s1. The van der Waals surface area contributed by atoms with E-state index in [9.17, 15) is 14.7 Å². The van der Waals surface area contributed by atoms with E-state index in [1.54, 1.807) is 0 Å². The largest absolute Gasteiger partial charge is 0.465 e. The monoisotopic (exact) mass is 292 g/mol. The van der Waals surface area contributed by atoms with E-state index in [4.69, 9.17) is 9.47 Å². The molecule has 1 saturated carbocycles. The molecule has 114 valence electrons. The summed E-state index contributed by atoms with van der Waals surface area (Å²) in [5, 5.41) is 10.2. The van der Waals surface area contributed by atoms with Gasteiger partial charge < -0.3 is 14.6 Å². The second kappa shape index (κ2) is 4.70. The van der Waals surface area contributed by atoms with E-state index in [-0.39, 0.29) is 37.0 Å². The first kappa shape index (κ1) is 14.3. The normalized spacial score (nSPS) is 39.1. The first-order chi connectivity index (χ1) is 9.96. The average Bonchev–Trinajstić information content (AvgIpc) is 3.06. The maximum Gasteiger partial charge on any atom is 0.307 e.